The lowest BCUT2D eigenvalue weighted by Gasteiger charge is -2.36. The normalized spacial score (nSPS) is 21.3. The molecule has 3 rings (SSSR count). The Morgan fingerprint density at radius 3 is 2.39 bits per heavy atom. The standard InChI is InChI=1S/C17H23N3O3/c1-13(21)14-2-4-16(5-3-14)19-7-9-20(10-8-19)17(22)18-15-6-11-23-12-15/h2-5,15H,6-12H2,1H3,(H,18,22)/t15-/m1/s1. The Morgan fingerprint density at radius 2 is 1.83 bits per heavy atom. The highest BCUT2D eigenvalue weighted by Gasteiger charge is 2.24. The molecule has 6 heteroatoms. The van der Waals surface area contributed by atoms with Gasteiger partial charge in [-0.2, -0.15) is 0 Å². The maximum atomic E-state index is 12.2. The highest BCUT2D eigenvalue weighted by atomic mass is 16.5. The third-order valence-electron chi connectivity index (χ3n) is 4.46. The van der Waals surface area contributed by atoms with Gasteiger partial charge in [-0.1, -0.05) is 0 Å². The molecule has 1 N–H and O–H groups in total. The van der Waals surface area contributed by atoms with Crippen LogP contribution in [0.4, 0.5) is 10.5 Å². The molecule has 6 nitrogen and oxygen atoms in total. The van der Waals surface area contributed by atoms with E-state index in [0.29, 0.717) is 19.7 Å². The molecule has 0 spiro atoms. The fourth-order valence-electron chi connectivity index (χ4n) is 2.99. The number of rotatable bonds is 3. The zero-order valence-corrected chi connectivity index (χ0v) is 13.5. The molecule has 1 atom stereocenters. The number of urea groups is 1. The predicted molar refractivity (Wildman–Crippen MR) is 88.0 cm³/mol. The van der Waals surface area contributed by atoms with E-state index < -0.39 is 0 Å². The molecule has 1 aromatic carbocycles. The Bertz CT molecular complexity index is 559. The van der Waals surface area contributed by atoms with E-state index in [1.165, 1.54) is 0 Å². The summed E-state index contributed by atoms with van der Waals surface area (Å²) in [7, 11) is 0. The molecule has 0 unspecified atom stereocenters. The number of nitrogens with one attached hydrogen (secondary N) is 1. The highest BCUT2D eigenvalue weighted by molar-refractivity contribution is 5.94. The number of nitrogens with zero attached hydrogens (tertiary/aromatic N) is 2. The molecule has 0 aliphatic carbocycles. The quantitative estimate of drug-likeness (QED) is 0.859. The molecule has 0 saturated carbocycles. The molecule has 2 aliphatic rings. The van der Waals surface area contributed by atoms with Gasteiger partial charge in [0.2, 0.25) is 0 Å². The first-order chi connectivity index (χ1) is 11.1. The van der Waals surface area contributed by atoms with E-state index in [1.807, 2.05) is 29.2 Å². The lowest BCUT2D eigenvalue weighted by atomic mass is 10.1. The van der Waals surface area contributed by atoms with Crippen molar-refractivity contribution < 1.29 is 14.3 Å². The summed E-state index contributed by atoms with van der Waals surface area (Å²) in [6, 6.07) is 7.82. The average Bonchev–Trinajstić information content (AvgIpc) is 3.08. The van der Waals surface area contributed by atoms with Crippen LogP contribution in [0.2, 0.25) is 0 Å². The summed E-state index contributed by atoms with van der Waals surface area (Å²) in [6.07, 6.45) is 0.897. The molecule has 2 aliphatic heterocycles. The first-order valence-corrected chi connectivity index (χ1v) is 8.12. The number of ether oxygens (including phenoxy) is 1. The maximum Gasteiger partial charge on any atom is 0.317 e. The minimum absolute atomic E-state index is 0.00655. The van der Waals surface area contributed by atoms with Gasteiger partial charge in [-0.25, -0.2) is 4.79 Å². The van der Waals surface area contributed by atoms with Crippen LogP contribution in [0.25, 0.3) is 0 Å². The second kappa shape index (κ2) is 7.00. The van der Waals surface area contributed by atoms with Crippen molar-refractivity contribution in [1.82, 2.24) is 10.2 Å². The Labute approximate surface area is 136 Å². The SMILES string of the molecule is CC(=O)c1ccc(N2CCN(C(=O)N[C@@H]3CCOC3)CC2)cc1. The molecular weight excluding hydrogens is 294 g/mol. The monoisotopic (exact) mass is 317 g/mol. The molecule has 0 radical (unpaired) electrons. The second-order valence-electron chi connectivity index (χ2n) is 6.09. The van der Waals surface area contributed by atoms with Gasteiger partial charge < -0.3 is 19.9 Å². The smallest absolute Gasteiger partial charge is 0.317 e. The zero-order chi connectivity index (χ0) is 16.2. The van der Waals surface area contributed by atoms with E-state index in [0.717, 1.165) is 37.4 Å². The number of hydrogen-bond acceptors (Lipinski definition) is 4. The summed E-state index contributed by atoms with van der Waals surface area (Å²) < 4.78 is 5.28. The van der Waals surface area contributed by atoms with Gasteiger partial charge in [-0.05, 0) is 37.6 Å². The molecule has 0 aromatic heterocycles. The first kappa shape index (κ1) is 15.8. The van der Waals surface area contributed by atoms with Crippen molar-refractivity contribution >= 4 is 17.5 Å². The van der Waals surface area contributed by atoms with Crippen LogP contribution in [0.1, 0.15) is 23.7 Å². The van der Waals surface area contributed by atoms with Gasteiger partial charge in [0.25, 0.3) is 0 Å². The van der Waals surface area contributed by atoms with Crippen molar-refractivity contribution in [2.75, 3.05) is 44.3 Å². The zero-order valence-electron chi connectivity index (χ0n) is 13.5. The maximum absolute atomic E-state index is 12.2. The Hall–Kier alpha value is -2.08. The van der Waals surface area contributed by atoms with Crippen molar-refractivity contribution in [3.63, 3.8) is 0 Å². The lowest BCUT2D eigenvalue weighted by Crippen LogP contribution is -2.53. The summed E-state index contributed by atoms with van der Waals surface area (Å²) in [6.45, 7) is 5.93. The van der Waals surface area contributed by atoms with Crippen molar-refractivity contribution in [3.8, 4) is 0 Å². The number of anilines is 1. The van der Waals surface area contributed by atoms with E-state index in [2.05, 4.69) is 10.2 Å². The third kappa shape index (κ3) is 3.82. The van der Waals surface area contributed by atoms with Crippen LogP contribution in [0, 0.1) is 0 Å². The van der Waals surface area contributed by atoms with Gasteiger partial charge in [0.1, 0.15) is 0 Å². The topological polar surface area (TPSA) is 61.9 Å². The number of carbonyl (C=O) groups is 2. The summed E-state index contributed by atoms with van der Waals surface area (Å²) in [5.74, 6) is 0.0777. The molecule has 2 fully saturated rings. The molecule has 23 heavy (non-hydrogen) atoms. The van der Waals surface area contributed by atoms with Gasteiger partial charge in [0, 0.05) is 44.0 Å². The molecule has 2 heterocycles. The van der Waals surface area contributed by atoms with Crippen molar-refractivity contribution in [3.05, 3.63) is 29.8 Å². The fourth-order valence-corrected chi connectivity index (χ4v) is 2.99. The first-order valence-electron chi connectivity index (χ1n) is 8.12. The molecule has 0 bridgehead atoms. The molecule has 2 saturated heterocycles. The van der Waals surface area contributed by atoms with Crippen LogP contribution >= 0.6 is 0 Å². The number of Topliss-reactive ketones (excluding diaryl/α,β-unsaturated/α-hetero) is 1. The molecular formula is C17H23N3O3. The summed E-state index contributed by atoms with van der Waals surface area (Å²) in [5.41, 5.74) is 1.82. The number of hydrogen-bond donors (Lipinski definition) is 1. The van der Waals surface area contributed by atoms with E-state index in [1.54, 1.807) is 6.92 Å². The Morgan fingerprint density at radius 1 is 1.13 bits per heavy atom. The largest absolute Gasteiger partial charge is 0.379 e. The Kier molecular flexibility index (Phi) is 4.81. The van der Waals surface area contributed by atoms with E-state index in [-0.39, 0.29) is 17.9 Å². The van der Waals surface area contributed by atoms with Crippen molar-refractivity contribution in [2.45, 2.75) is 19.4 Å². The molecule has 124 valence electrons. The molecule has 2 amide bonds. The number of carbonyl (C=O) groups excluding carboxylic acids is 2. The van der Waals surface area contributed by atoms with Crippen LogP contribution in [0.5, 0.6) is 0 Å². The van der Waals surface area contributed by atoms with Crippen LogP contribution in [-0.4, -0.2) is 62.1 Å². The van der Waals surface area contributed by atoms with Gasteiger partial charge in [0.15, 0.2) is 5.78 Å². The van der Waals surface area contributed by atoms with Crippen molar-refractivity contribution in [1.29, 1.82) is 0 Å². The number of ketones is 1. The number of piperazine rings is 1. The van der Waals surface area contributed by atoms with E-state index >= 15 is 0 Å². The summed E-state index contributed by atoms with van der Waals surface area (Å²) >= 11 is 0. The number of amides is 2. The van der Waals surface area contributed by atoms with Crippen LogP contribution in [-0.2, 0) is 4.74 Å². The van der Waals surface area contributed by atoms with E-state index in [9.17, 15) is 9.59 Å². The van der Waals surface area contributed by atoms with E-state index in [4.69, 9.17) is 4.74 Å². The number of benzene rings is 1. The minimum atomic E-state index is 0.00655. The van der Waals surface area contributed by atoms with Crippen LogP contribution in [0.15, 0.2) is 24.3 Å². The van der Waals surface area contributed by atoms with Crippen LogP contribution < -0.4 is 10.2 Å². The van der Waals surface area contributed by atoms with Crippen LogP contribution in [0.3, 0.4) is 0 Å². The van der Waals surface area contributed by atoms with Crippen molar-refractivity contribution in [2.24, 2.45) is 0 Å². The second-order valence-corrected chi connectivity index (χ2v) is 6.09. The van der Waals surface area contributed by atoms with Gasteiger partial charge >= 0.3 is 6.03 Å². The lowest BCUT2D eigenvalue weighted by molar-refractivity contribution is 0.101. The minimum Gasteiger partial charge on any atom is -0.379 e. The van der Waals surface area contributed by atoms with Gasteiger partial charge in [0.05, 0.1) is 12.6 Å². The highest BCUT2D eigenvalue weighted by Crippen LogP contribution is 2.18. The summed E-state index contributed by atoms with van der Waals surface area (Å²) in [5, 5.41) is 3.03. The van der Waals surface area contributed by atoms with Gasteiger partial charge in [-0.15, -0.1) is 0 Å². The summed E-state index contributed by atoms with van der Waals surface area (Å²) in [4.78, 5) is 27.6. The predicted octanol–water partition coefficient (Wildman–Crippen LogP) is 1.51. The third-order valence-corrected chi connectivity index (χ3v) is 4.46. The average molecular weight is 317 g/mol. The fraction of sp³-hybridized carbons (Fsp3) is 0.529. The Balaban J connectivity index is 1.51. The molecule has 1 aromatic rings. The van der Waals surface area contributed by atoms with Gasteiger partial charge in [-0.3, -0.25) is 4.79 Å².